The van der Waals surface area contributed by atoms with E-state index < -0.39 is 35.4 Å². The van der Waals surface area contributed by atoms with E-state index in [1.165, 1.54) is 0 Å². The number of nitrogens with zero attached hydrogens (tertiary/aromatic N) is 1. The molecule has 4 N–H and O–H groups in total. The predicted molar refractivity (Wildman–Crippen MR) is 43.0 cm³/mol. The summed E-state index contributed by atoms with van der Waals surface area (Å²) in [6.45, 7) is 0. The van der Waals surface area contributed by atoms with Gasteiger partial charge in [-0.15, -0.1) is 0 Å². The van der Waals surface area contributed by atoms with Crippen LogP contribution in [0.25, 0.3) is 0 Å². The van der Waals surface area contributed by atoms with Crippen molar-refractivity contribution in [2.45, 2.75) is 12.6 Å². The highest BCUT2D eigenvalue weighted by Crippen LogP contribution is 2.36. The molecule has 1 heterocycles. The van der Waals surface area contributed by atoms with Crippen molar-refractivity contribution in [3.8, 4) is 0 Å². The van der Waals surface area contributed by atoms with Crippen LogP contribution in [0.2, 0.25) is 0 Å². The van der Waals surface area contributed by atoms with E-state index in [-0.39, 0.29) is 6.07 Å². The molecule has 1 aromatic rings. The summed E-state index contributed by atoms with van der Waals surface area (Å²) in [6.07, 6.45) is -7.95. The fourth-order valence-corrected chi connectivity index (χ4v) is 0.960. The first kappa shape index (κ1) is 11.5. The van der Waals surface area contributed by atoms with Crippen molar-refractivity contribution in [1.29, 1.82) is 0 Å². The molecule has 0 fully saturated rings. The van der Waals surface area contributed by atoms with Crippen LogP contribution in [0.15, 0.2) is 6.07 Å². The number of pyridine rings is 1. The van der Waals surface area contributed by atoms with E-state index in [0.717, 1.165) is 0 Å². The molecule has 0 spiro atoms. The largest absolute Gasteiger partial charge is 0.419 e. The maximum absolute atomic E-state index is 12.2. The fraction of sp³-hybridized carbons (Fsp3) is 0.286. The van der Waals surface area contributed by atoms with E-state index in [4.69, 9.17) is 11.5 Å². The van der Waals surface area contributed by atoms with E-state index in [1.54, 1.807) is 0 Å². The number of nitrogen functional groups attached to an aromatic ring is 2. The molecule has 84 valence electrons. The Labute approximate surface area is 80.9 Å². The summed E-state index contributed by atoms with van der Waals surface area (Å²) in [5.41, 5.74) is 7.53. The first-order valence-corrected chi connectivity index (χ1v) is 3.64. The van der Waals surface area contributed by atoms with E-state index >= 15 is 0 Å². The predicted octanol–water partition coefficient (Wildman–Crippen LogP) is 2.20. The highest BCUT2D eigenvalue weighted by molar-refractivity contribution is 5.53. The average Bonchev–Trinajstić information content (AvgIpc) is 2.00. The zero-order valence-electron chi connectivity index (χ0n) is 7.15. The fourth-order valence-electron chi connectivity index (χ4n) is 0.960. The van der Waals surface area contributed by atoms with Gasteiger partial charge in [-0.2, -0.15) is 13.2 Å². The highest BCUT2D eigenvalue weighted by atomic mass is 19.4. The van der Waals surface area contributed by atoms with Crippen molar-refractivity contribution in [1.82, 2.24) is 4.98 Å². The Kier molecular flexibility index (Phi) is 2.69. The lowest BCUT2D eigenvalue weighted by atomic mass is 10.1. The topological polar surface area (TPSA) is 64.9 Å². The van der Waals surface area contributed by atoms with Crippen molar-refractivity contribution in [3.63, 3.8) is 0 Å². The third-order valence-corrected chi connectivity index (χ3v) is 1.65. The molecule has 1 aromatic heterocycles. The van der Waals surface area contributed by atoms with Crippen LogP contribution >= 0.6 is 0 Å². The summed E-state index contributed by atoms with van der Waals surface area (Å²) < 4.78 is 61.1. The Morgan fingerprint density at radius 1 is 1.13 bits per heavy atom. The minimum Gasteiger partial charge on any atom is -0.383 e. The minimum atomic E-state index is -4.82. The Balaban J connectivity index is 3.37. The van der Waals surface area contributed by atoms with Crippen molar-refractivity contribution in [2.24, 2.45) is 0 Å². The maximum Gasteiger partial charge on any atom is 0.419 e. The lowest BCUT2D eigenvalue weighted by Gasteiger charge is -2.12. The van der Waals surface area contributed by atoms with Gasteiger partial charge in [0.15, 0.2) is 0 Å². The van der Waals surface area contributed by atoms with Crippen molar-refractivity contribution < 1.29 is 22.0 Å². The molecule has 0 aliphatic rings. The van der Waals surface area contributed by atoms with Crippen LogP contribution in [0, 0.1) is 0 Å². The molecule has 0 atom stereocenters. The molecule has 0 bridgehead atoms. The molecular weight excluding hydrogens is 221 g/mol. The van der Waals surface area contributed by atoms with Gasteiger partial charge in [0.2, 0.25) is 0 Å². The van der Waals surface area contributed by atoms with Crippen LogP contribution in [0.3, 0.4) is 0 Å². The van der Waals surface area contributed by atoms with Gasteiger partial charge in [-0.05, 0) is 6.07 Å². The first-order chi connectivity index (χ1) is 6.73. The summed E-state index contributed by atoms with van der Waals surface area (Å²) >= 11 is 0. The molecule has 0 radical (unpaired) electrons. The van der Waals surface area contributed by atoms with Crippen LogP contribution in [0.5, 0.6) is 0 Å². The van der Waals surface area contributed by atoms with Crippen LogP contribution in [-0.4, -0.2) is 4.98 Å². The monoisotopic (exact) mass is 227 g/mol. The second-order valence-corrected chi connectivity index (χ2v) is 2.69. The van der Waals surface area contributed by atoms with Crippen molar-refractivity contribution in [3.05, 3.63) is 17.2 Å². The zero-order valence-corrected chi connectivity index (χ0v) is 7.15. The molecular formula is C7H6F5N3. The summed E-state index contributed by atoms with van der Waals surface area (Å²) in [5.74, 6) is -1.61. The minimum absolute atomic E-state index is 0.211. The summed E-state index contributed by atoms with van der Waals surface area (Å²) in [7, 11) is 0. The number of aromatic nitrogens is 1. The van der Waals surface area contributed by atoms with E-state index in [9.17, 15) is 22.0 Å². The molecule has 0 aromatic carbocycles. The van der Waals surface area contributed by atoms with Gasteiger partial charge in [0.05, 0.1) is 11.1 Å². The molecule has 0 saturated carbocycles. The van der Waals surface area contributed by atoms with Gasteiger partial charge in [0, 0.05) is 0 Å². The molecule has 15 heavy (non-hydrogen) atoms. The Bertz CT molecular complexity index is 374. The molecule has 8 heteroatoms. The molecule has 1 rings (SSSR count). The van der Waals surface area contributed by atoms with Gasteiger partial charge in [0.1, 0.15) is 11.6 Å². The summed E-state index contributed by atoms with van der Waals surface area (Å²) in [6, 6.07) is 0.211. The Morgan fingerprint density at radius 3 is 2.07 bits per heavy atom. The maximum atomic E-state index is 12.2. The van der Waals surface area contributed by atoms with E-state index in [0.29, 0.717) is 0 Å². The number of alkyl halides is 5. The number of halogens is 5. The van der Waals surface area contributed by atoms with Gasteiger partial charge in [-0.1, -0.05) is 0 Å². The third kappa shape index (κ3) is 2.25. The molecule has 0 unspecified atom stereocenters. The van der Waals surface area contributed by atoms with Gasteiger partial charge in [-0.3, -0.25) is 0 Å². The number of hydrogen-bond donors (Lipinski definition) is 2. The molecule has 0 saturated heterocycles. The number of anilines is 2. The van der Waals surface area contributed by atoms with Crippen molar-refractivity contribution in [2.75, 3.05) is 11.5 Å². The zero-order chi connectivity index (χ0) is 11.8. The summed E-state index contributed by atoms with van der Waals surface area (Å²) in [4.78, 5) is 3.02. The van der Waals surface area contributed by atoms with Crippen LogP contribution in [0.1, 0.15) is 17.6 Å². The summed E-state index contributed by atoms with van der Waals surface area (Å²) in [5, 5.41) is 0. The molecule has 0 aliphatic heterocycles. The van der Waals surface area contributed by atoms with Crippen LogP contribution < -0.4 is 11.5 Å². The first-order valence-electron chi connectivity index (χ1n) is 3.64. The normalized spacial score (nSPS) is 12.1. The van der Waals surface area contributed by atoms with Gasteiger partial charge in [0.25, 0.3) is 6.43 Å². The van der Waals surface area contributed by atoms with Gasteiger partial charge < -0.3 is 11.5 Å². The molecule has 0 amide bonds. The third-order valence-electron chi connectivity index (χ3n) is 1.65. The quantitative estimate of drug-likeness (QED) is 0.723. The van der Waals surface area contributed by atoms with Gasteiger partial charge >= 0.3 is 6.18 Å². The SMILES string of the molecule is Nc1nc(N)c(C(F)(F)F)cc1C(F)F. The molecule has 3 nitrogen and oxygen atoms in total. The number of rotatable bonds is 1. The van der Waals surface area contributed by atoms with Crippen molar-refractivity contribution >= 4 is 11.6 Å². The Hall–Kier alpha value is -1.60. The Morgan fingerprint density at radius 2 is 1.67 bits per heavy atom. The van der Waals surface area contributed by atoms with Crippen LogP contribution in [0.4, 0.5) is 33.6 Å². The average molecular weight is 227 g/mol. The molecule has 0 aliphatic carbocycles. The lowest BCUT2D eigenvalue weighted by Crippen LogP contribution is -2.13. The lowest BCUT2D eigenvalue weighted by molar-refractivity contribution is -0.137. The van der Waals surface area contributed by atoms with Gasteiger partial charge in [-0.25, -0.2) is 13.8 Å². The number of hydrogen-bond acceptors (Lipinski definition) is 3. The smallest absolute Gasteiger partial charge is 0.383 e. The second kappa shape index (κ2) is 3.52. The second-order valence-electron chi connectivity index (χ2n) is 2.69. The van der Waals surface area contributed by atoms with E-state index in [2.05, 4.69) is 4.98 Å². The number of nitrogens with two attached hydrogens (primary N) is 2. The standard InChI is InChI=1S/C7H6F5N3/c8-4(9)2-1-3(7(10,11)12)6(14)15-5(2)13/h1,4H,(H4,13,14,15). The highest BCUT2D eigenvalue weighted by Gasteiger charge is 2.35. The van der Waals surface area contributed by atoms with E-state index in [1.807, 2.05) is 0 Å². The van der Waals surface area contributed by atoms with Crippen LogP contribution in [-0.2, 0) is 6.18 Å².